The number of aromatic nitrogens is 1. The van der Waals surface area contributed by atoms with Gasteiger partial charge in [0, 0.05) is 25.2 Å². The van der Waals surface area contributed by atoms with Crippen LogP contribution in [0.1, 0.15) is 17.0 Å². The molecule has 0 aliphatic heterocycles. The Morgan fingerprint density at radius 3 is 2.74 bits per heavy atom. The number of aliphatic hydroxyl groups excluding tert-OH is 1. The SMILES string of the molecule is O=C(COc1ccc(Cl)c(F)c1)NCC(O)CCNC(=O)c1cc(Cl)no1. The first-order valence-electron chi connectivity index (χ1n) is 7.78. The van der Waals surface area contributed by atoms with Gasteiger partial charge in [-0.1, -0.05) is 28.4 Å². The first-order chi connectivity index (χ1) is 12.8. The number of carbonyl (C=O) groups is 2. The van der Waals surface area contributed by atoms with E-state index in [4.69, 9.17) is 27.9 Å². The number of nitrogens with zero attached hydrogens (tertiary/aromatic N) is 1. The minimum Gasteiger partial charge on any atom is -0.484 e. The second-order valence-corrected chi connectivity index (χ2v) is 6.18. The van der Waals surface area contributed by atoms with Crippen molar-refractivity contribution in [1.29, 1.82) is 0 Å². The Kier molecular flexibility index (Phi) is 7.83. The van der Waals surface area contributed by atoms with Crippen LogP contribution in [0.2, 0.25) is 10.2 Å². The molecule has 27 heavy (non-hydrogen) atoms. The van der Waals surface area contributed by atoms with Crippen LogP contribution in [0, 0.1) is 5.82 Å². The molecule has 8 nitrogen and oxygen atoms in total. The molecule has 0 aliphatic carbocycles. The molecule has 0 bridgehead atoms. The second-order valence-electron chi connectivity index (χ2n) is 5.38. The fourth-order valence-electron chi connectivity index (χ4n) is 1.90. The van der Waals surface area contributed by atoms with Gasteiger partial charge in [0.15, 0.2) is 11.8 Å². The van der Waals surface area contributed by atoms with E-state index in [0.717, 1.165) is 6.07 Å². The Hall–Kier alpha value is -2.36. The van der Waals surface area contributed by atoms with Crippen molar-refractivity contribution in [2.75, 3.05) is 19.7 Å². The van der Waals surface area contributed by atoms with Crippen molar-refractivity contribution < 1.29 is 28.3 Å². The molecule has 0 aliphatic rings. The molecule has 0 saturated carbocycles. The highest BCUT2D eigenvalue weighted by molar-refractivity contribution is 6.30. The number of aliphatic hydroxyl groups is 1. The highest BCUT2D eigenvalue weighted by atomic mass is 35.5. The number of nitrogens with one attached hydrogen (secondary N) is 2. The van der Waals surface area contributed by atoms with Gasteiger partial charge in [0.2, 0.25) is 5.76 Å². The summed E-state index contributed by atoms with van der Waals surface area (Å²) in [5, 5.41) is 18.2. The highest BCUT2D eigenvalue weighted by Gasteiger charge is 2.13. The molecule has 0 fully saturated rings. The molecule has 1 aromatic heterocycles. The van der Waals surface area contributed by atoms with E-state index < -0.39 is 23.7 Å². The van der Waals surface area contributed by atoms with Gasteiger partial charge in [0.25, 0.3) is 11.8 Å². The molecule has 11 heteroatoms. The molecule has 1 heterocycles. The summed E-state index contributed by atoms with van der Waals surface area (Å²) in [5.41, 5.74) is 0. The molecule has 0 saturated heterocycles. The fraction of sp³-hybridized carbons (Fsp3) is 0.312. The maximum Gasteiger partial charge on any atom is 0.289 e. The molecule has 146 valence electrons. The van der Waals surface area contributed by atoms with Crippen LogP contribution in [-0.4, -0.2) is 47.9 Å². The monoisotopic (exact) mass is 419 g/mol. The van der Waals surface area contributed by atoms with Gasteiger partial charge in [-0.05, 0) is 18.6 Å². The second kappa shape index (κ2) is 10.1. The van der Waals surface area contributed by atoms with Gasteiger partial charge >= 0.3 is 0 Å². The Morgan fingerprint density at radius 2 is 2.07 bits per heavy atom. The Morgan fingerprint density at radius 1 is 1.30 bits per heavy atom. The molecule has 0 spiro atoms. The van der Waals surface area contributed by atoms with Crippen molar-refractivity contribution >= 4 is 35.0 Å². The fourth-order valence-corrected chi connectivity index (χ4v) is 2.15. The molecular weight excluding hydrogens is 404 g/mol. The summed E-state index contributed by atoms with van der Waals surface area (Å²) >= 11 is 11.1. The zero-order chi connectivity index (χ0) is 19.8. The average molecular weight is 420 g/mol. The van der Waals surface area contributed by atoms with E-state index in [0.29, 0.717) is 0 Å². The third-order valence-corrected chi connectivity index (χ3v) is 3.75. The number of hydrogen-bond donors (Lipinski definition) is 3. The maximum absolute atomic E-state index is 13.3. The summed E-state index contributed by atoms with van der Waals surface area (Å²) in [4.78, 5) is 23.3. The van der Waals surface area contributed by atoms with Crippen LogP contribution in [0.15, 0.2) is 28.8 Å². The molecular formula is C16H16Cl2FN3O5. The van der Waals surface area contributed by atoms with Crippen LogP contribution in [0.4, 0.5) is 4.39 Å². The molecule has 2 amide bonds. The molecule has 2 aromatic rings. The Labute approximate surface area is 163 Å². The summed E-state index contributed by atoms with van der Waals surface area (Å²) in [6.45, 7) is -0.243. The number of rotatable bonds is 9. The minimum absolute atomic E-state index is 0.0405. The lowest BCUT2D eigenvalue weighted by Crippen LogP contribution is -2.37. The zero-order valence-electron chi connectivity index (χ0n) is 13.9. The molecule has 1 aromatic carbocycles. The van der Waals surface area contributed by atoms with Crippen molar-refractivity contribution in [3.8, 4) is 5.75 Å². The van der Waals surface area contributed by atoms with Gasteiger partial charge < -0.3 is 25.0 Å². The molecule has 0 radical (unpaired) electrons. The number of ether oxygens (including phenoxy) is 1. The van der Waals surface area contributed by atoms with Gasteiger partial charge in [0.05, 0.1) is 11.1 Å². The largest absolute Gasteiger partial charge is 0.484 e. The van der Waals surface area contributed by atoms with Crippen LogP contribution in [0.3, 0.4) is 0 Å². The van der Waals surface area contributed by atoms with E-state index in [9.17, 15) is 19.1 Å². The van der Waals surface area contributed by atoms with Gasteiger partial charge in [0.1, 0.15) is 11.6 Å². The minimum atomic E-state index is -0.888. The lowest BCUT2D eigenvalue weighted by molar-refractivity contribution is -0.123. The number of benzene rings is 1. The van der Waals surface area contributed by atoms with Crippen LogP contribution >= 0.6 is 23.2 Å². The number of hydrogen-bond acceptors (Lipinski definition) is 6. The normalized spacial score (nSPS) is 11.7. The molecule has 2 rings (SSSR count). The van der Waals surface area contributed by atoms with E-state index in [1.807, 2.05) is 0 Å². The lowest BCUT2D eigenvalue weighted by atomic mass is 10.2. The smallest absolute Gasteiger partial charge is 0.289 e. The summed E-state index contributed by atoms with van der Waals surface area (Å²) in [6.07, 6.45) is -0.697. The third kappa shape index (κ3) is 7.05. The van der Waals surface area contributed by atoms with Gasteiger partial charge in [-0.25, -0.2) is 4.39 Å². The van der Waals surface area contributed by atoms with Crippen LogP contribution in [0.25, 0.3) is 0 Å². The standard InChI is InChI=1S/C16H16Cl2FN3O5/c17-11-2-1-10(5-12(11)19)26-8-15(24)21-7-9(23)3-4-20-16(25)13-6-14(18)22-27-13/h1-2,5-6,9,23H,3-4,7-8H2,(H,20,25)(H,21,24). The number of amides is 2. The highest BCUT2D eigenvalue weighted by Crippen LogP contribution is 2.20. The maximum atomic E-state index is 13.3. The predicted molar refractivity (Wildman–Crippen MR) is 94.4 cm³/mol. The van der Waals surface area contributed by atoms with Gasteiger partial charge in [-0.15, -0.1) is 0 Å². The number of carbonyl (C=O) groups excluding carboxylic acids is 2. The van der Waals surface area contributed by atoms with Gasteiger partial charge in [-0.2, -0.15) is 0 Å². The van der Waals surface area contributed by atoms with Crippen LogP contribution in [0.5, 0.6) is 5.75 Å². The Balaban J connectivity index is 1.61. The summed E-state index contributed by atoms with van der Waals surface area (Å²) < 4.78 is 23.1. The van der Waals surface area contributed by atoms with Crippen LogP contribution in [-0.2, 0) is 4.79 Å². The molecule has 1 atom stereocenters. The summed E-state index contributed by atoms with van der Waals surface area (Å²) in [5.74, 6) is -1.56. The zero-order valence-corrected chi connectivity index (χ0v) is 15.4. The molecule has 3 N–H and O–H groups in total. The topological polar surface area (TPSA) is 114 Å². The average Bonchev–Trinajstić information content (AvgIpc) is 3.07. The van der Waals surface area contributed by atoms with Crippen molar-refractivity contribution in [2.45, 2.75) is 12.5 Å². The summed E-state index contributed by atoms with van der Waals surface area (Å²) in [7, 11) is 0. The van der Waals surface area contributed by atoms with Gasteiger partial charge in [-0.3, -0.25) is 9.59 Å². The van der Waals surface area contributed by atoms with Crippen molar-refractivity contribution in [3.05, 3.63) is 46.0 Å². The third-order valence-electron chi connectivity index (χ3n) is 3.26. The van der Waals surface area contributed by atoms with Crippen molar-refractivity contribution in [2.24, 2.45) is 0 Å². The van der Waals surface area contributed by atoms with E-state index in [1.54, 1.807) is 0 Å². The van der Waals surface area contributed by atoms with Crippen molar-refractivity contribution in [3.63, 3.8) is 0 Å². The predicted octanol–water partition coefficient (Wildman–Crippen LogP) is 1.80. The Bertz CT molecular complexity index is 802. The van der Waals surface area contributed by atoms with E-state index >= 15 is 0 Å². The summed E-state index contributed by atoms with van der Waals surface area (Å²) in [6, 6.07) is 5.07. The quantitative estimate of drug-likeness (QED) is 0.570. The van der Waals surface area contributed by atoms with E-state index in [1.165, 1.54) is 18.2 Å². The van der Waals surface area contributed by atoms with Crippen LogP contribution < -0.4 is 15.4 Å². The molecule has 1 unspecified atom stereocenters. The first-order valence-corrected chi connectivity index (χ1v) is 8.53. The lowest BCUT2D eigenvalue weighted by Gasteiger charge is -2.12. The van der Waals surface area contributed by atoms with Crippen molar-refractivity contribution in [1.82, 2.24) is 15.8 Å². The first kappa shape index (κ1) is 20.9. The van der Waals surface area contributed by atoms with E-state index in [2.05, 4.69) is 20.3 Å². The number of halogens is 3. The van der Waals surface area contributed by atoms with E-state index in [-0.39, 0.29) is 47.8 Å².